The molecule has 0 aliphatic rings. The highest BCUT2D eigenvalue weighted by Crippen LogP contribution is 2.10. The minimum atomic E-state index is -0.455. The minimum absolute atomic E-state index is 0.420. The Balaban J connectivity index is 2.88. The van der Waals surface area contributed by atoms with Gasteiger partial charge in [-0.1, -0.05) is 24.3 Å². The molecule has 0 aliphatic heterocycles. The van der Waals surface area contributed by atoms with Crippen LogP contribution in [0.3, 0.4) is 0 Å². The van der Waals surface area contributed by atoms with Crippen LogP contribution < -0.4 is 0 Å². The smallest absolute Gasteiger partial charge is 0.115 e. The van der Waals surface area contributed by atoms with E-state index in [1.807, 2.05) is 12.1 Å². The van der Waals surface area contributed by atoms with E-state index < -0.39 is 6.67 Å². The van der Waals surface area contributed by atoms with E-state index in [2.05, 4.69) is 22.4 Å². The molecule has 0 spiro atoms. The second-order valence-electron chi connectivity index (χ2n) is 2.31. The van der Waals surface area contributed by atoms with Gasteiger partial charge >= 0.3 is 0 Å². The molecule has 1 aromatic carbocycles. The molecule has 62 valence electrons. The van der Waals surface area contributed by atoms with Crippen molar-refractivity contribution in [2.24, 2.45) is 4.99 Å². The Morgan fingerprint density at radius 1 is 1.33 bits per heavy atom. The summed E-state index contributed by atoms with van der Waals surface area (Å²) >= 11 is 4.42. The van der Waals surface area contributed by atoms with Crippen LogP contribution in [0.2, 0.25) is 0 Å². The van der Waals surface area contributed by atoms with Crippen molar-refractivity contribution in [3.05, 3.63) is 35.4 Å². The Kier molecular flexibility index (Phi) is 3.58. The number of halogens is 1. The Bertz CT molecular complexity index is 305. The zero-order chi connectivity index (χ0) is 8.81. The quantitative estimate of drug-likeness (QED) is 0.516. The molecule has 0 bridgehead atoms. The number of rotatable bonds is 3. The molecule has 1 rings (SSSR count). The van der Waals surface area contributed by atoms with Gasteiger partial charge in [0.25, 0.3) is 0 Å². The van der Waals surface area contributed by atoms with E-state index in [0.717, 1.165) is 5.56 Å². The van der Waals surface area contributed by atoms with E-state index in [-0.39, 0.29) is 0 Å². The van der Waals surface area contributed by atoms with Crippen molar-refractivity contribution in [1.82, 2.24) is 0 Å². The molecular weight excluding hydrogens is 173 g/mol. The molecule has 12 heavy (non-hydrogen) atoms. The number of benzene rings is 1. The maximum absolute atomic E-state index is 12.3. The van der Waals surface area contributed by atoms with Gasteiger partial charge in [-0.2, -0.15) is 0 Å². The lowest BCUT2D eigenvalue weighted by atomic mass is 10.1. The zero-order valence-electron chi connectivity index (χ0n) is 6.46. The van der Waals surface area contributed by atoms with Gasteiger partial charge in [0.15, 0.2) is 0 Å². The summed E-state index contributed by atoms with van der Waals surface area (Å²) in [6.07, 6.45) is 0. The number of hydrogen-bond acceptors (Lipinski definition) is 2. The zero-order valence-corrected chi connectivity index (χ0v) is 7.27. The van der Waals surface area contributed by atoms with Crippen LogP contribution in [0.5, 0.6) is 0 Å². The molecule has 0 amide bonds. The molecule has 1 nitrogen and oxygen atoms in total. The van der Waals surface area contributed by atoms with Crippen molar-refractivity contribution in [3.63, 3.8) is 0 Å². The molecule has 1 aromatic rings. The summed E-state index contributed by atoms with van der Waals surface area (Å²) in [5, 5.41) is 2.25. The number of hydrogen-bond donors (Lipinski definition) is 0. The summed E-state index contributed by atoms with van der Waals surface area (Å²) in [5.41, 5.74) is 1.55. The van der Waals surface area contributed by atoms with E-state index in [4.69, 9.17) is 0 Å². The van der Waals surface area contributed by atoms with Gasteiger partial charge in [0, 0.05) is 0 Å². The van der Waals surface area contributed by atoms with E-state index in [0.29, 0.717) is 12.1 Å². The SMILES string of the molecule is FCc1ccccc1CN=C=S. The average Bonchev–Trinajstić information content (AvgIpc) is 2.15. The Morgan fingerprint density at radius 3 is 2.58 bits per heavy atom. The van der Waals surface area contributed by atoms with Crippen molar-refractivity contribution >= 4 is 17.4 Å². The summed E-state index contributed by atoms with van der Waals surface area (Å²) < 4.78 is 12.3. The molecule has 0 atom stereocenters. The van der Waals surface area contributed by atoms with Crippen LogP contribution in [0.25, 0.3) is 0 Å². The lowest BCUT2D eigenvalue weighted by Crippen LogP contribution is -1.88. The fourth-order valence-corrected chi connectivity index (χ4v) is 1.02. The fourth-order valence-electron chi connectivity index (χ4n) is 0.960. The van der Waals surface area contributed by atoms with Crippen molar-refractivity contribution in [1.29, 1.82) is 0 Å². The van der Waals surface area contributed by atoms with Crippen LogP contribution in [-0.2, 0) is 13.2 Å². The highest BCUT2D eigenvalue weighted by atomic mass is 32.1. The molecule has 3 heteroatoms. The third kappa shape index (κ3) is 2.22. The van der Waals surface area contributed by atoms with E-state index >= 15 is 0 Å². The molecule has 0 heterocycles. The topological polar surface area (TPSA) is 12.4 Å². The molecule has 0 radical (unpaired) electrons. The first-order chi connectivity index (χ1) is 5.88. The molecule has 0 aliphatic carbocycles. The lowest BCUT2D eigenvalue weighted by Gasteiger charge is -2.00. The van der Waals surface area contributed by atoms with Gasteiger partial charge in [0.05, 0.1) is 11.7 Å². The maximum atomic E-state index is 12.3. The van der Waals surface area contributed by atoms with Gasteiger partial charge in [-0.15, -0.1) is 0 Å². The van der Waals surface area contributed by atoms with Crippen LogP contribution in [-0.4, -0.2) is 5.16 Å². The number of thiocarbonyl (C=S) groups is 1. The number of isothiocyanates is 1. The second-order valence-corrected chi connectivity index (χ2v) is 2.49. The Hall–Kier alpha value is -1.05. The predicted molar refractivity (Wildman–Crippen MR) is 50.0 cm³/mol. The van der Waals surface area contributed by atoms with Crippen LogP contribution in [0.15, 0.2) is 29.3 Å². The summed E-state index contributed by atoms with van der Waals surface area (Å²) in [6, 6.07) is 7.24. The largest absolute Gasteiger partial charge is 0.246 e. The van der Waals surface area contributed by atoms with Gasteiger partial charge in [0.1, 0.15) is 6.67 Å². The van der Waals surface area contributed by atoms with Crippen LogP contribution in [0.4, 0.5) is 4.39 Å². The summed E-state index contributed by atoms with van der Waals surface area (Å²) in [5.74, 6) is 0. The molecular formula is C9H8FNS. The summed E-state index contributed by atoms with van der Waals surface area (Å²) in [7, 11) is 0. The second kappa shape index (κ2) is 4.75. The Morgan fingerprint density at radius 2 is 2.00 bits per heavy atom. The van der Waals surface area contributed by atoms with Crippen molar-refractivity contribution in [2.75, 3.05) is 0 Å². The molecule has 0 saturated carbocycles. The highest BCUT2D eigenvalue weighted by Gasteiger charge is 1.98. The molecule has 0 unspecified atom stereocenters. The van der Waals surface area contributed by atoms with Gasteiger partial charge in [-0.05, 0) is 23.3 Å². The van der Waals surface area contributed by atoms with Crippen LogP contribution in [0, 0.1) is 0 Å². The van der Waals surface area contributed by atoms with Gasteiger partial charge < -0.3 is 0 Å². The predicted octanol–water partition coefficient (Wildman–Crippen LogP) is 2.76. The lowest BCUT2D eigenvalue weighted by molar-refractivity contribution is 0.482. The standard InChI is InChI=1S/C9H8FNS/c10-5-8-3-1-2-4-9(8)6-11-7-12/h1-4H,5-6H2. The molecule has 0 saturated heterocycles. The molecule has 0 N–H and O–H groups in total. The summed E-state index contributed by atoms with van der Waals surface area (Å²) in [4.78, 5) is 3.75. The minimum Gasteiger partial charge on any atom is -0.246 e. The molecule has 0 fully saturated rings. The van der Waals surface area contributed by atoms with Gasteiger partial charge in [0.2, 0.25) is 0 Å². The number of aliphatic imine (C=N–C) groups is 1. The monoisotopic (exact) mass is 181 g/mol. The number of nitrogens with zero attached hydrogens (tertiary/aromatic N) is 1. The first-order valence-electron chi connectivity index (χ1n) is 3.55. The Labute approximate surface area is 75.9 Å². The van der Waals surface area contributed by atoms with Gasteiger partial charge in [-0.3, -0.25) is 0 Å². The first kappa shape index (κ1) is 9.04. The van der Waals surface area contributed by atoms with E-state index in [9.17, 15) is 4.39 Å². The third-order valence-corrected chi connectivity index (χ3v) is 1.71. The highest BCUT2D eigenvalue weighted by molar-refractivity contribution is 7.78. The first-order valence-corrected chi connectivity index (χ1v) is 3.95. The van der Waals surface area contributed by atoms with Crippen LogP contribution in [0.1, 0.15) is 11.1 Å². The summed E-state index contributed by atoms with van der Waals surface area (Å²) in [6.45, 7) is -0.0350. The molecule has 0 aromatic heterocycles. The fraction of sp³-hybridized carbons (Fsp3) is 0.222. The number of alkyl halides is 1. The van der Waals surface area contributed by atoms with Crippen LogP contribution >= 0.6 is 12.2 Å². The average molecular weight is 181 g/mol. The third-order valence-electron chi connectivity index (χ3n) is 1.58. The normalized spacial score (nSPS) is 9.08. The van der Waals surface area contributed by atoms with E-state index in [1.54, 1.807) is 12.1 Å². The van der Waals surface area contributed by atoms with Crippen molar-refractivity contribution < 1.29 is 4.39 Å². The van der Waals surface area contributed by atoms with Crippen molar-refractivity contribution in [2.45, 2.75) is 13.2 Å². The maximum Gasteiger partial charge on any atom is 0.115 e. The van der Waals surface area contributed by atoms with E-state index in [1.165, 1.54) is 0 Å². The van der Waals surface area contributed by atoms with Gasteiger partial charge in [-0.25, -0.2) is 9.38 Å². The van der Waals surface area contributed by atoms with Crippen molar-refractivity contribution in [3.8, 4) is 0 Å².